The predicted molar refractivity (Wildman–Crippen MR) is 207 cm³/mol. The van der Waals surface area contributed by atoms with E-state index in [1.165, 1.54) is 108 Å². The van der Waals surface area contributed by atoms with E-state index >= 15 is 0 Å². The fourth-order valence-corrected chi connectivity index (χ4v) is 13.2. The lowest BCUT2D eigenvalue weighted by atomic mass is 9.43. The molecule has 6 aromatic rings. The maximum Gasteiger partial charge on any atom is 0.0543 e. The van der Waals surface area contributed by atoms with E-state index in [1.807, 2.05) is 0 Å². The van der Waals surface area contributed by atoms with Gasteiger partial charge in [0.2, 0.25) is 0 Å². The van der Waals surface area contributed by atoms with Gasteiger partial charge in [-0.2, -0.15) is 0 Å². The molecule has 13 rings (SSSR count). The minimum atomic E-state index is 0.139. The highest BCUT2D eigenvalue weighted by Crippen LogP contribution is 2.70. The summed E-state index contributed by atoms with van der Waals surface area (Å²) >= 11 is 0. The molecule has 0 unspecified atom stereocenters. The number of anilines is 3. The van der Waals surface area contributed by atoms with Crippen LogP contribution in [0, 0.1) is 23.7 Å². The number of nitrogens with zero attached hydrogens (tertiary/aromatic N) is 1. The van der Waals surface area contributed by atoms with Gasteiger partial charge in [-0.1, -0.05) is 110 Å². The maximum absolute atomic E-state index is 2.61. The van der Waals surface area contributed by atoms with Crippen LogP contribution in [-0.4, -0.2) is 0 Å². The molecule has 0 amide bonds. The van der Waals surface area contributed by atoms with Crippen LogP contribution in [0.25, 0.3) is 33.0 Å². The number of benzene rings is 6. The van der Waals surface area contributed by atoms with Crippen LogP contribution >= 0.6 is 0 Å². The van der Waals surface area contributed by atoms with Gasteiger partial charge in [-0.3, -0.25) is 0 Å². The fourth-order valence-electron chi connectivity index (χ4n) is 13.2. The van der Waals surface area contributed by atoms with Gasteiger partial charge in [0.15, 0.2) is 0 Å². The second-order valence-corrected chi connectivity index (χ2v) is 16.9. The number of hydrogen-bond donors (Lipinski definition) is 0. The molecule has 5 fully saturated rings. The topological polar surface area (TPSA) is 3.24 Å². The molecule has 0 aliphatic heterocycles. The Morgan fingerprint density at radius 1 is 0.460 bits per heavy atom. The summed E-state index contributed by atoms with van der Waals surface area (Å²) in [6, 6.07) is 49.7. The Labute approximate surface area is 296 Å². The zero-order valence-corrected chi connectivity index (χ0v) is 28.7. The monoisotopic (exact) mass is 645 g/mol. The van der Waals surface area contributed by atoms with Crippen molar-refractivity contribution in [3.63, 3.8) is 0 Å². The van der Waals surface area contributed by atoms with Gasteiger partial charge in [-0.15, -0.1) is 0 Å². The van der Waals surface area contributed by atoms with Gasteiger partial charge in [-0.05, 0) is 149 Å². The van der Waals surface area contributed by atoms with E-state index in [9.17, 15) is 0 Å². The molecule has 4 bridgehead atoms. The molecule has 0 heterocycles. The molecule has 2 spiro atoms. The summed E-state index contributed by atoms with van der Waals surface area (Å²) < 4.78 is 0. The molecule has 7 aliphatic carbocycles. The van der Waals surface area contributed by atoms with Crippen LogP contribution in [0.5, 0.6) is 0 Å². The average Bonchev–Trinajstić information content (AvgIpc) is 3.84. The molecule has 50 heavy (non-hydrogen) atoms. The minimum absolute atomic E-state index is 0.139. The lowest BCUT2D eigenvalue weighted by Crippen LogP contribution is -2.55. The van der Waals surface area contributed by atoms with Gasteiger partial charge in [0, 0.05) is 27.8 Å². The molecule has 1 nitrogen and oxygen atoms in total. The van der Waals surface area contributed by atoms with Crippen molar-refractivity contribution < 1.29 is 0 Å². The molecule has 0 N–H and O–H groups in total. The third-order valence-electron chi connectivity index (χ3n) is 14.8. The molecule has 1 heteroatoms. The molecule has 0 atom stereocenters. The van der Waals surface area contributed by atoms with Gasteiger partial charge < -0.3 is 4.90 Å². The van der Waals surface area contributed by atoms with Crippen LogP contribution in [0.4, 0.5) is 17.1 Å². The lowest BCUT2D eigenvalue weighted by Gasteiger charge is -2.61. The van der Waals surface area contributed by atoms with Crippen molar-refractivity contribution in [2.24, 2.45) is 23.7 Å². The van der Waals surface area contributed by atoms with E-state index in [-0.39, 0.29) is 10.8 Å². The fraction of sp³-hybridized carbons (Fsp3) is 0.306. The smallest absolute Gasteiger partial charge is 0.0543 e. The second-order valence-electron chi connectivity index (χ2n) is 16.9. The number of fused-ring (bicyclic) bond motifs is 9. The second kappa shape index (κ2) is 10.0. The minimum Gasteiger partial charge on any atom is -0.310 e. The van der Waals surface area contributed by atoms with Crippen LogP contribution < -0.4 is 4.90 Å². The molecule has 5 saturated carbocycles. The first kappa shape index (κ1) is 28.1. The first-order valence-electron chi connectivity index (χ1n) is 19.5. The first-order valence-corrected chi connectivity index (χ1v) is 19.5. The molecule has 0 aromatic heterocycles. The largest absolute Gasteiger partial charge is 0.310 e. The molecule has 0 radical (unpaired) electrons. The molecule has 6 aromatic carbocycles. The Balaban J connectivity index is 1.11. The molecule has 244 valence electrons. The van der Waals surface area contributed by atoms with Gasteiger partial charge in [0.05, 0.1) is 5.69 Å². The molecule has 0 saturated heterocycles. The summed E-state index contributed by atoms with van der Waals surface area (Å²) in [5, 5.41) is 2.57. The summed E-state index contributed by atoms with van der Waals surface area (Å²) in [4.78, 5) is 2.61. The Bertz CT molecular complexity index is 2340. The average molecular weight is 646 g/mol. The van der Waals surface area contributed by atoms with Crippen LogP contribution in [-0.2, 0) is 10.8 Å². The Hall–Kier alpha value is -4.62. The molecule has 7 aliphatic rings. The van der Waals surface area contributed by atoms with E-state index < -0.39 is 0 Å². The molecular weight excluding hydrogens is 603 g/mol. The van der Waals surface area contributed by atoms with Crippen molar-refractivity contribution >= 4 is 27.8 Å². The Kier molecular flexibility index (Phi) is 5.62. The van der Waals surface area contributed by atoms with E-state index in [0.717, 1.165) is 23.7 Å². The van der Waals surface area contributed by atoms with Crippen molar-refractivity contribution in [3.05, 3.63) is 150 Å². The third kappa shape index (κ3) is 3.49. The standard InChI is InChI=1S/C49H43N/c1-2-11-34-29-37(19-18-33(34)10-1)50(46-17-9-16-45-47(46)40-13-4-5-14-42(40)48(45)22-7-8-23-48)38-20-21-44-41(30-38)39-12-3-6-15-43(39)49(44)35-25-31-24-32(27-35)28-36(49)26-31/h1-6,9-21,29-32,35-36H,7-8,22-28H2. The van der Waals surface area contributed by atoms with Gasteiger partial charge in [0.1, 0.15) is 0 Å². The van der Waals surface area contributed by atoms with Crippen molar-refractivity contribution in [1.29, 1.82) is 0 Å². The zero-order chi connectivity index (χ0) is 32.6. The maximum atomic E-state index is 2.61. The zero-order valence-electron chi connectivity index (χ0n) is 28.7. The van der Waals surface area contributed by atoms with Gasteiger partial charge in [0.25, 0.3) is 0 Å². The summed E-state index contributed by atoms with van der Waals surface area (Å²) in [6.45, 7) is 0. The summed E-state index contributed by atoms with van der Waals surface area (Å²) in [7, 11) is 0. The van der Waals surface area contributed by atoms with Crippen molar-refractivity contribution in [2.75, 3.05) is 4.90 Å². The third-order valence-corrected chi connectivity index (χ3v) is 14.8. The van der Waals surface area contributed by atoms with Crippen molar-refractivity contribution in [3.8, 4) is 22.3 Å². The summed E-state index contributed by atoms with van der Waals surface area (Å²) in [5.41, 5.74) is 16.3. The van der Waals surface area contributed by atoms with E-state index in [2.05, 4.69) is 132 Å². The van der Waals surface area contributed by atoms with Gasteiger partial charge in [-0.25, -0.2) is 0 Å². The van der Waals surface area contributed by atoms with Gasteiger partial charge >= 0.3 is 0 Å². The van der Waals surface area contributed by atoms with Crippen LogP contribution in [0.1, 0.15) is 80.0 Å². The van der Waals surface area contributed by atoms with E-state index in [4.69, 9.17) is 0 Å². The summed E-state index contributed by atoms with van der Waals surface area (Å²) in [6.07, 6.45) is 12.3. The highest BCUT2D eigenvalue weighted by Gasteiger charge is 2.61. The Morgan fingerprint density at radius 2 is 1.08 bits per heavy atom. The highest BCUT2D eigenvalue weighted by atomic mass is 15.1. The van der Waals surface area contributed by atoms with Crippen LogP contribution in [0.3, 0.4) is 0 Å². The Morgan fingerprint density at radius 3 is 1.88 bits per heavy atom. The summed E-state index contributed by atoms with van der Waals surface area (Å²) in [5.74, 6) is 3.46. The van der Waals surface area contributed by atoms with Crippen molar-refractivity contribution in [1.82, 2.24) is 0 Å². The number of hydrogen-bond acceptors (Lipinski definition) is 1. The van der Waals surface area contributed by atoms with Crippen LogP contribution in [0.2, 0.25) is 0 Å². The van der Waals surface area contributed by atoms with E-state index in [0.29, 0.717) is 0 Å². The predicted octanol–water partition coefficient (Wildman–Crippen LogP) is 12.9. The first-order chi connectivity index (χ1) is 24.7. The lowest BCUT2D eigenvalue weighted by molar-refractivity contribution is -0.0399. The quantitative estimate of drug-likeness (QED) is 0.185. The SMILES string of the molecule is c1ccc2c(c1)-c1c(N(c3ccc4c(c3)-c3ccccc3C43C4CC5CC(C4)CC3C5)c3ccc4ccccc4c3)cccc1C21CCCC1. The van der Waals surface area contributed by atoms with Crippen LogP contribution in [0.15, 0.2) is 127 Å². The van der Waals surface area contributed by atoms with Crippen molar-refractivity contribution in [2.45, 2.75) is 68.6 Å². The normalized spacial score (nSPS) is 27.1. The van der Waals surface area contributed by atoms with E-state index in [1.54, 1.807) is 22.3 Å². The molecular formula is C49H43N. The number of rotatable bonds is 3. The highest BCUT2D eigenvalue weighted by molar-refractivity contribution is 5.98.